The van der Waals surface area contributed by atoms with E-state index in [1.807, 2.05) is 0 Å². The summed E-state index contributed by atoms with van der Waals surface area (Å²) in [4.78, 5) is 23.4. The number of carboxylic acids is 1. The Kier molecular flexibility index (Phi) is 4.34. The maximum atomic E-state index is 12.2. The Morgan fingerprint density at radius 1 is 1.39 bits per heavy atom. The minimum atomic E-state index is -1.04. The molecular formula is C16H15ClN2O4. The zero-order valence-corrected chi connectivity index (χ0v) is 12.9. The van der Waals surface area contributed by atoms with E-state index in [2.05, 4.69) is 10.5 Å². The van der Waals surface area contributed by atoms with Crippen LogP contribution in [0, 0.1) is 5.92 Å². The maximum absolute atomic E-state index is 12.2. The van der Waals surface area contributed by atoms with Crippen molar-refractivity contribution in [3.8, 4) is 11.3 Å². The number of nitrogens with one attached hydrogen (secondary N) is 1. The number of aromatic nitrogens is 1. The van der Waals surface area contributed by atoms with E-state index in [9.17, 15) is 14.7 Å². The predicted octanol–water partition coefficient (Wildman–Crippen LogP) is 2.98. The molecule has 1 aliphatic carbocycles. The number of rotatable bonds is 6. The molecule has 3 rings (SSSR count). The van der Waals surface area contributed by atoms with Crippen LogP contribution in [0.25, 0.3) is 11.3 Å². The lowest BCUT2D eigenvalue weighted by molar-refractivity contribution is -0.139. The number of halogens is 1. The van der Waals surface area contributed by atoms with Gasteiger partial charge in [-0.1, -0.05) is 41.7 Å². The van der Waals surface area contributed by atoms with Gasteiger partial charge < -0.3 is 14.9 Å². The molecule has 1 saturated carbocycles. The van der Waals surface area contributed by atoms with Gasteiger partial charge in [0.1, 0.15) is 6.04 Å². The Balaban J connectivity index is 1.73. The summed E-state index contributed by atoms with van der Waals surface area (Å²) in [5.41, 5.74) is 0.649. The molecule has 7 heteroatoms. The highest BCUT2D eigenvalue weighted by molar-refractivity contribution is 6.33. The molecule has 0 bridgehead atoms. The number of carbonyl (C=O) groups excluding carboxylic acids is 1. The molecule has 6 nitrogen and oxygen atoms in total. The zero-order valence-electron chi connectivity index (χ0n) is 12.2. The topological polar surface area (TPSA) is 92.4 Å². The molecule has 0 saturated heterocycles. The van der Waals surface area contributed by atoms with Crippen molar-refractivity contribution in [2.45, 2.75) is 25.3 Å². The van der Waals surface area contributed by atoms with Crippen molar-refractivity contribution in [2.24, 2.45) is 5.92 Å². The predicted molar refractivity (Wildman–Crippen MR) is 83.2 cm³/mol. The summed E-state index contributed by atoms with van der Waals surface area (Å²) < 4.78 is 5.15. The van der Waals surface area contributed by atoms with Gasteiger partial charge in [-0.15, -0.1) is 0 Å². The van der Waals surface area contributed by atoms with Crippen LogP contribution in [0.3, 0.4) is 0 Å². The number of benzene rings is 1. The Morgan fingerprint density at radius 2 is 2.13 bits per heavy atom. The molecule has 2 aromatic rings. The number of nitrogens with zero attached hydrogens (tertiary/aromatic N) is 1. The molecule has 0 spiro atoms. The molecule has 2 N–H and O–H groups in total. The summed E-state index contributed by atoms with van der Waals surface area (Å²) in [7, 11) is 0. The Bertz CT molecular complexity index is 739. The summed E-state index contributed by atoms with van der Waals surface area (Å²) in [6.07, 6.45) is 2.47. The molecule has 1 aromatic carbocycles. The van der Waals surface area contributed by atoms with Crippen molar-refractivity contribution in [3.05, 3.63) is 41.0 Å². The summed E-state index contributed by atoms with van der Waals surface area (Å²) in [6.45, 7) is 0. The second-order valence-corrected chi connectivity index (χ2v) is 6.01. The third-order valence-electron chi connectivity index (χ3n) is 3.75. The standard InChI is InChI=1S/C16H15ClN2O4/c17-11-4-2-1-3-10(11)14-8-12(19-23-14)15(20)18-13(16(21)22)7-9-5-6-9/h1-4,8-9,13H,5-7H2,(H,18,20)(H,21,22). The van der Waals surface area contributed by atoms with E-state index in [-0.39, 0.29) is 5.69 Å². The van der Waals surface area contributed by atoms with Crippen LogP contribution in [0.2, 0.25) is 5.02 Å². The van der Waals surface area contributed by atoms with Crippen LogP contribution in [0.15, 0.2) is 34.9 Å². The highest BCUT2D eigenvalue weighted by atomic mass is 35.5. The van der Waals surface area contributed by atoms with Crippen LogP contribution in [0.4, 0.5) is 0 Å². The fourth-order valence-electron chi connectivity index (χ4n) is 2.31. The van der Waals surface area contributed by atoms with Gasteiger partial charge >= 0.3 is 5.97 Å². The Hall–Kier alpha value is -2.34. The van der Waals surface area contributed by atoms with Crippen molar-refractivity contribution in [2.75, 3.05) is 0 Å². The van der Waals surface area contributed by atoms with Gasteiger partial charge in [0.2, 0.25) is 0 Å². The lowest BCUT2D eigenvalue weighted by atomic mass is 10.1. The van der Waals surface area contributed by atoms with Gasteiger partial charge in [-0.05, 0) is 24.5 Å². The van der Waals surface area contributed by atoms with E-state index in [0.29, 0.717) is 28.7 Å². The molecule has 1 atom stereocenters. The highest BCUT2D eigenvalue weighted by Gasteiger charge is 2.31. The van der Waals surface area contributed by atoms with Crippen molar-refractivity contribution in [1.82, 2.24) is 10.5 Å². The Morgan fingerprint density at radius 3 is 2.78 bits per heavy atom. The van der Waals surface area contributed by atoms with Gasteiger partial charge in [0.15, 0.2) is 11.5 Å². The van der Waals surface area contributed by atoms with Crippen molar-refractivity contribution in [3.63, 3.8) is 0 Å². The van der Waals surface area contributed by atoms with Gasteiger partial charge in [0.25, 0.3) is 5.91 Å². The molecule has 1 amide bonds. The minimum absolute atomic E-state index is 0.0296. The summed E-state index contributed by atoms with van der Waals surface area (Å²) in [5, 5.41) is 15.9. The normalized spacial score (nSPS) is 15.2. The largest absolute Gasteiger partial charge is 0.480 e. The summed E-state index contributed by atoms with van der Waals surface area (Å²) in [6, 6.07) is 7.57. The van der Waals surface area contributed by atoms with Crippen LogP contribution in [0.1, 0.15) is 29.8 Å². The SMILES string of the molecule is O=C(NC(CC1CC1)C(=O)O)c1cc(-c2ccccc2Cl)on1. The van der Waals surface area contributed by atoms with E-state index < -0.39 is 17.9 Å². The molecule has 0 radical (unpaired) electrons. The molecule has 120 valence electrons. The fraction of sp³-hybridized carbons (Fsp3) is 0.312. The molecule has 1 aliphatic rings. The number of carbonyl (C=O) groups is 2. The molecule has 1 unspecified atom stereocenters. The smallest absolute Gasteiger partial charge is 0.326 e. The van der Waals surface area contributed by atoms with Crippen LogP contribution < -0.4 is 5.32 Å². The number of hydrogen-bond acceptors (Lipinski definition) is 4. The molecule has 0 aliphatic heterocycles. The maximum Gasteiger partial charge on any atom is 0.326 e. The molecular weight excluding hydrogens is 320 g/mol. The van der Waals surface area contributed by atoms with E-state index in [1.54, 1.807) is 24.3 Å². The number of hydrogen-bond donors (Lipinski definition) is 2. The minimum Gasteiger partial charge on any atom is -0.480 e. The average Bonchev–Trinajstić information content (AvgIpc) is 3.20. The first-order chi connectivity index (χ1) is 11.0. The quantitative estimate of drug-likeness (QED) is 0.847. The Labute approximate surface area is 137 Å². The molecule has 1 aromatic heterocycles. The highest BCUT2D eigenvalue weighted by Crippen LogP contribution is 2.33. The van der Waals surface area contributed by atoms with Gasteiger partial charge in [-0.2, -0.15) is 0 Å². The van der Waals surface area contributed by atoms with Crippen LogP contribution >= 0.6 is 11.6 Å². The van der Waals surface area contributed by atoms with Gasteiger partial charge in [-0.25, -0.2) is 4.79 Å². The fourth-order valence-corrected chi connectivity index (χ4v) is 2.54. The summed E-state index contributed by atoms with van der Waals surface area (Å²) >= 11 is 6.07. The van der Waals surface area contributed by atoms with Crippen LogP contribution in [-0.4, -0.2) is 28.2 Å². The number of aliphatic carboxylic acids is 1. The average molecular weight is 335 g/mol. The van der Waals surface area contributed by atoms with Crippen molar-refractivity contribution in [1.29, 1.82) is 0 Å². The third-order valence-corrected chi connectivity index (χ3v) is 4.08. The van der Waals surface area contributed by atoms with Crippen LogP contribution in [-0.2, 0) is 4.79 Å². The lowest BCUT2D eigenvalue weighted by Gasteiger charge is -2.12. The first kappa shape index (κ1) is 15.6. The lowest BCUT2D eigenvalue weighted by Crippen LogP contribution is -2.41. The third kappa shape index (κ3) is 3.71. The van der Waals surface area contributed by atoms with E-state index in [1.165, 1.54) is 6.07 Å². The van der Waals surface area contributed by atoms with Crippen molar-refractivity contribution < 1.29 is 19.2 Å². The van der Waals surface area contributed by atoms with Crippen LogP contribution in [0.5, 0.6) is 0 Å². The second-order valence-electron chi connectivity index (χ2n) is 5.60. The summed E-state index contributed by atoms with van der Waals surface area (Å²) in [5.74, 6) is -0.873. The molecule has 1 fully saturated rings. The van der Waals surface area contributed by atoms with E-state index in [0.717, 1.165) is 12.8 Å². The van der Waals surface area contributed by atoms with E-state index in [4.69, 9.17) is 16.1 Å². The first-order valence-corrected chi connectivity index (χ1v) is 7.67. The zero-order chi connectivity index (χ0) is 16.4. The monoisotopic (exact) mass is 334 g/mol. The molecule has 1 heterocycles. The first-order valence-electron chi connectivity index (χ1n) is 7.30. The van der Waals surface area contributed by atoms with Gasteiger partial charge in [0.05, 0.1) is 5.02 Å². The number of carboxylic acid groups (broad SMARTS) is 1. The van der Waals surface area contributed by atoms with Gasteiger partial charge in [0, 0.05) is 11.6 Å². The number of amides is 1. The second kappa shape index (κ2) is 6.42. The van der Waals surface area contributed by atoms with Gasteiger partial charge in [-0.3, -0.25) is 4.79 Å². The molecule has 23 heavy (non-hydrogen) atoms. The van der Waals surface area contributed by atoms with Crippen molar-refractivity contribution >= 4 is 23.5 Å². The van der Waals surface area contributed by atoms with E-state index >= 15 is 0 Å².